The summed E-state index contributed by atoms with van der Waals surface area (Å²) < 4.78 is 10.5. The maximum Gasteiger partial charge on any atom is 0.410 e. The minimum atomic E-state index is -0.570. The maximum atomic E-state index is 12.3. The lowest BCUT2D eigenvalue weighted by atomic mass is 9.97. The number of carbonyl (C=O) groups is 4. The van der Waals surface area contributed by atoms with E-state index in [1.807, 2.05) is 6.92 Å². The van der Waals surface area contributed by atoms with E-state index in [1.165, 1.54) is 0 Å². The van der Waals surface area contributed by atoms with Crippen LogP contribution in [-0.2, 0) is 19.1 Å². The molecule has 0 spiro atoms. The lowest BCUT2D eigenvalue weighted by molar-refractivity contribution is -0.153. The molecule has 1 aromatic rings. The van der Waals surface area contributed by atoms with E-state index >= 15 is 0 Å². The van der Waals surface area contributed by atoms with Crippen molar-refractivity contribution in [3.63, 3.8) is 0 Å². The van der Waals surface area contributed by atoms with E-state index < -0.39 is 30.2 Å². The van der Waals surface area contributed by atoms with Crippen LogP contribution in [0.1, 0.15) is 50.9 Å². The highest BCUT2D eigenvalue weighted by molar-refractivity contribution is 5.97. The van der Waals surface area contributed by atoms with Crippen molar-refractivity contribution in [1.29, 1.82) is 0 Å². The SMILES string of the molecule is CCNC(=O)c1cccc(NC(=O)COC(=O)C2CCN(C(=O)OC(C)(C)C)CC2)c1. The van der Waals surface area contributed by atoms with Crippen molar-refractivity contribution in [3.05, 3.63) is 29.8 Å². The van der Waals surface area contributed by atoms with Gasteiger partial charge >= 0.3 is 12.1 Å². The van der Waals surface area contributed by atoms with Crippen molar-refractivity contribution in [1.82, 2.24) is 10.2 Å². The molecule has 31 heavy (non-hydrogen) atoms. The number of likely N-dealkylation sites (tertiary alicyclic amines) is 1. The highest BCUT2D eigenvalue weighted by Crippen LogP contribution is 2.21. The van der Waals surface area contributed by atoms with Gasteiger partial charge in [0.05, 0.1) is 5.92 Å². The summed E-state index contributed by atoms with van der Waals surface area (Å²) in [6, 6.07) is 6.50. The minimum Gasteiger partial charge on any atom is -0.455 e. The lowest BCUT2D eigenvalue weighted by Gasteiger charge is -2.32. The maximum absolute atomic E-state index is 12.3. The molecule has 2 rings (SSSR count). The largest absolute Gasteiger partial charge is 0.455 e. The molecule has 3 amide bonds. The van der Waals surface area contributed by atoms with Gasteiger partial charge in [-0.3, -0.25) is 14.4 Å². The van der Waals surface area contributed by atoms with Crippen LogP contribution in [0.15, 0.2) is 24.3 Å². The average Bonchev–Trinajstić information content (AvgIpc) is 2.71. The van der Waals surface area contributed by atoms with Gasteiger partial charge in [-0.1, -0.05) is 6.07 Å². The Kier molecular flexibility index (Phi) is 8.41. The Bertz CT molecular complexity index is 810. The highest BCUT2D eigenvalue weighted by atomic mass is 16.6. The number of anilines is 1. The standard InChI is InChI=1S/C22H31N3O6/c1-5-23-19(27)16-7-6-8-17(13-16)24-18(26)14-30-20(28)15-9-11-25(12-10-15)21(29)31-22(2,3)4/h6-8,13,15H,5,9-12,14H2,1-4H3,(H,23,27)(H,24,26). The van der Waals surface area contributed by atoms with Gasteiger partial charge in [-0.15, -0.1) is 0 Å². The summed E-state index contributed by atoms with van der Waals surface area (Å²) in [6.07, 6.45) is 0.510. The van der Waals surface area contributed by atoms with Crippen LogP contribution in [0.25, 0.3) is 0 Å². The first-order valence-corrected chi connectivity index (χ1v) is 10.4. The Balaban J connectivity index is 1.77. The molecule has 1 aromatic carbocycles. The van der Waals surface area contributed by atoms with Crippen LogP contribution >= 0.6 is 0 Å². The highest BCUT2D eigenvalue weighted by Gasteiger charge is 2.31. The first kappa shape index (κ1) is 24.2. The van der Waals surface area contributed by atoms with Gasteiger partial charge < -0.3 is 25.0 Å². The van der Waals surface area contributed by atoms with Gasteiger partial charge in [0.25, 0.3) is 11.8 Å². The second-order valence-electron chi connectivity index (χ2n) is 8.34. The number of benzene rings is 1. The Morgan fingerprint density at radius 2 is 1.81 bits per heavy atom. The van der Waals surface area contributed by atoms with Gasteiger partial charge in [-0.25, -0.2) is 4.79 Å². The van der Waals surface area contributed by atoms with E-state index in [9.17, 15) is 19.2 Å². The summed E-state index contributed by atoms with van der Waals surface area (Å²) in [5.74, 6) is -1.56. The predicted molar refractivity (Wildman–Crippen MR) is 115 cm³/mol. The van der Waals surface area contributed by atoms with Crippen LogP contribution in [0, 0.1) is 5.92 Å². The van der Waals surface area contributed by atoms with Gasteiger partial charge in [0.15, 0.2) is 6.61 Å². The van der Waals surface area contributed by atoms with Crippen LogP contribution < -0.4 is 10.6 Å². The molecule has 2 N–H and O–H groups in total. The van der Waals surface area contributed by atoms with Crippen molar-refractivity contribution >= 4 is 29.6 Å². The van der Waals surface area contributed by atoms with Crippen molar-refractivity contribution < 1.29 is 28.7 Å². The molecule has 1 aliphatic rings. The van der Waals surface area contributed by atoms with Crippen LogP contribution in [0.2, 0.25) is 0 Å². The van der Waals surface area contributed by atoms with Crippen molar-refractivity contribution in [3.8, 4) is 0 Å². The lowest BCUT2D eigenvalue weighted by Crippen LogP contribution is -2.43. The quantitative estimate of drug-likeness (QED) is 0.667. The molecule has 1 saturated heterocycles. The van der Waals surface area contributed by atoms with E-state index in [1.54, 1.807) is 49.9 Å². The van der Waals surface area contributed by atoms with Crippen LogP contribution in [0.4, 0.5) is 10.5 Å². The van der Waals surface area contributed by atoms with E-state index in [-0.39, 0.29) is 11.8 Å². The Morgan fingerprint density at radius 3 is 2.42 bits per heavy atom. The third-order valence-electron chi connectivity index (χ3n) is 4.57. The number of ether oxygens (including phenoxy) is 2. The Morgan fingerprint density at radius 1 is 1.13 bits per heavy atom. The van der Waals surface area contributed by atoms with Gasteiger partial charge in [-0.05, 0) is 58.7 Å². The first-order valence-electron chi connectivity index (χ1n) is 10.4. The van der Waals surface area contributed by atoms with Crippen LogP contribution in [-0.4, -0.2) is 60.6 Å². The molecule has 1 fully saturated rings. The molecular formula is C22H31N3O6. The fourth-order valence-corrected chi connectivity index (χ4v) is 3.08. The monoisotopic (exact) mass is 433 g/mol. The predicted octanol–water partition coefficient (Wildman–Crippen LogP) is 2.57. The molecule has 0 saturated carbocycles. The molecule has 1 heterocycles. The van der Waals surface area contributed by atoms with Crippen LogP contribution in [0.5, 0.6) is 0 Å². The number of carbonyl (C=O) groups excluding carboxylic acids is 4. The molecule has 9 heteroatoms. The number of rotatable bonds is 6. The number of amides is 3. The number of piperidine rings is 1. The Hall–Kier alpha value is -3.10. The summed E-state index contributed by atoms with van der Waals surface area (Å²) in [5.41, 5.74) is 0.295. The van der Waals surface area contributed by atoms with E-state index in [0.29, 0.717) is 43.7 Å². The van der Waals surface area contributed by atoms with Gasteiger partial charge in [0.1, 0.15) is 5.60 Å². The zero-order valence-corrected chi connectivity index (χ0v) is 18.5. The number of esters is 1. The van der Waals surface area contributed by atoms with E-state index in [0.717, 1.165) is 0 Å². The molecule has 0 aromatic heterocycles. The molecule has 0 bridgehead atoms. The van der Waals surface area contributed by atoms with Crippen molar-refractivity contribution in [2.45, 2.75) is 46.1 Å². The molecule has 1 aliphatic heterocycles. The summed E-state index contributed by atoms with van der Waals surface area (Å²) in [4.78, 5) is 50.0. The molecule has 170 valence electrons. The van der Waals surface area contributed by atoms with Gasteiger partial charge in [0.2, 0.25) is 0 Å². The summed E-state index contributed by atoms with van der Waals surface area (Å²) in [7, 11) is 0. The van der Waals surface area contributed by atoms with Gasteiger partial charge in [-0.2, -0.15) is 0 Å². The number of nitrogens with zero attached hydrogens (tertiary/aromatic N) is 1. The molecule has 0 aliphatic carbocycles. The van der Waals surface area contributed by atoms with Crippen molar-refractivity contribution in [2.24, 2.45) is 5.92 Å². The fraction of sp³-hybridized carbons (Fsp3) is 0.545. The topological polar surface area (TPSA) is 114 Å². The second kappa shape index (κ2) is 10.8. The van der Waals surface area contributed by atoms with Crippen LogP contribution in [0.3, 0.4) is 0 Å². The first-order chi connectivity index (χ1) is 14.6. The van der Waals surface area contributed by atoms with Gasteiger partial charge in [0, 0.05) is 30.9 Å². The summed E-state index contributed by atoms with van der Waals surface area (Å²) >= 11 is 0. The second-order valence-corrected chi connectivity index (χ2v) is 8.34. The van der Waals surface area contributed by atoms with E-state index in [4.69, 9.17) is 9.47 Å². The number of nitrogens with one attached hydrogen (secondary N) is 2. The Labute approximate surface area is 182 Å². The molecule has 9 nitrogen and oxygen atoms in total. The zero-order chi connectivity index (χ0) is 23.0. The zero-order valence-electron chi connectivity index (χ0n) is 18.5. The fourth-order valence-electron chi connectivity index (χ4n) is 3.08. The number of hydrogen-bond acceptors (Lipinski definition) is 6. The third-order valence-corrected chi connectivity index (χ3v) is 4.57. The smallest absolute Gasteiger partial charge is 0.410 e. The molecule has 0 unspecified atom stereocenters. The molecule has 0 atom stereocenters. The molecular weight excluding hydrogens is 402 g/mol. The summed E-state index contributed by atoms with van der Waals surface area (Å²) in [5, 5.41) is 5.30. The normalized spacial score (nSPS) is 14.5. The number of hydrogen-bond donors (Lipinski definition) is 2. The third kappa shape index (κ3) is 7.92. The average molecular weight is 434 g/mol. The summed E-state index contributed by atoms with van der Waals surface area (Å²) in [6.45, 7) is 8.10. The molecule has 0 radical (unpaired) electrons. The van der Waals surface area contributed by atoms with Crippen molar-refractivity contribution in [2.75, 3.05) is 31.6 Å². The minimum absolute atomic E-state index is 0.234. The van der Waals surface area contributed by atoms with E-state index in [2.05, 4.69) is 10.6 Å².